The maximum atomic E-state index is 12.3. The topological polar surface area (TPSA) is 152 Å². The molecule has 0 aromatic carbocycles. The van der Waals surface area contributed by atoms with Crippen LogP contribution in [-0.4, -0.2) is 96.3 Å². The highest BCUT2D eigenvalue weighted by Gasteiger charge is 2.65. The smallest absolute Gasteiger partial charge is 0.145 e. The minimum absolute atomic E-state index is 0.00808. The summed E-state index contributed by atoms with van der Waals surface area (Å²) in [6.07, 6.45) is 12.7. The van der Waals surface area contributed by atoms with Gasteiger partial charge >= 0.3 is 0 Å². The molecule has 7 N–H and O–H groups in total. The van der Waals surface area contributed by atoms with E-state index in [4.69, 9.17) is 4.74 Å². The Hall–Kier alpha value is -1.95. The molecule has 0 amide bonds. The van der Waals surface area contributed by atoms with Crippen LogP contribution in [0.2, 0.25) is 0 Å². The molecule has 2 rings (SSSR count). The van der Waals surface area contributed by atoms with Gasteiger partial charge in [-0.2, -0.15) is 0 Å². The number of rotatable bonds is 20. The van der Waals surface area contributed by atoms with Crippen molar-refractivity contribution >= 4 is 6.29 Å². The van der Waals surface area contributed by atoms with E-state index in [1.54, 1.807) is 14.0 Å². The van der Waals surface area contributed by atoms with Gasteiger partial charge < -0.3 is 35.6 Å². The highest BCUT2D eigenvalue weighted by molar-refractivity contribution is 5.74. The Balaban J connectivity index is 2.23. The Bertz CT molecular complexity index is 1100. The third kappa shape index (κ3) is 10.0. The molecule has 2 aliphatic carbocycles. The zero-order valence-electron chi connectivity index (χ0n) is 28.9. The van der Waals surface area contributed by atoms with Gasteiger partial charge in [-0.05, 0) is 121 Å². The van der Waals surface area contributed by atoms with Crippen LogP contribution in [0.5, 0.6) is 0 Å². The molecule has 1 spiro atoms. The van der Waals surface area contributed by atoms with Gasteiger partial charge in [0.05, 0.1) is 18.3 Å². The lowest BCUT2D eigenvalue weighted by Gasteiger charge is -2.57. The van der Waals surface area contributed by atoms with Crippen LogP contribution in [0.3, 0.4) is 0 Å². The van der Waals surface area contributed by atoms with Crippen molar-refractivity contribution in [3.8, 4) is 0 Å². The number of aliphatic hydroxyl groups is 5. The number of carbonyl (C=O) groups excluding carboxylic acids is 1. The minimum atomic E-state index is -1.17. The van der Waals surface area contributed by atoms with E-state index in [1.165, 1.54) is 0 Å². The second-order valence-electron chi connectivity index (χ2n) is 13.4. The molecule has 9 nitrogen and oxygen atoms in total. The summed E-state index contributed by atoms with van der Waals surface area (Å²) in [6, 6.07) is 0.127. The van der Waals surface area contributed by atoms with E-state index in [9.17, 15) is 30.3 Å². The van der Waals surface area contributed by atoms with Crippen molar-refractivity contribution in [2.45, 2.75) is 109 Å². The largest absolute Gasteiger partial charge is 0.396 e. The molecule has 2 saturated carbocycles. The molecule has 2 aliphatic rings. The average Bonchev–Trinajstić information content (AvgIpc) is 3.38. The summed E-state index contributed by atoms with van der Waals surface area (Å²) in [7, 11) is 3.50. The van der Waals surface area contributed by atoms with Gasteiger partial charge in [0.2, 0.25) is 0 Å². The first-order valence-electron chi connectivity index (χ1n) is 17.0. The molecule has 0 unspecified atom stereocenters. The van der Waals surface area contributed by atoms with Crippen molar-refractivity contribution in [3.63, 3.8) is 0 Å². The lowest BCUT2D eigenvalue weighted by Crippen LogP contribution is -2.61. The zero-order valence-corrected chi connectivity index (χ0v) is 28.9. The third-order valence-corrected chi connectivity index (χ3v) is 10.5. The van der Waals surface area contributed by atoms with Crippen molar-refractivity contribution in [2.75, 3.05) is 40.5 Å². The van der Waals surface area contributed by atoms with Gasteiger partial charge in [0.25, 0.3) is 0 Å². The van der Waals surface area contributed by atoms with Gasteiger partial charge in [0, 0.05) is 37.7 Å². The third-order valence-electron chi connectivity index (χ3n) is 10.5. The van der Waals surface area contributed by atoms with E-state index < -0.39 is 23.3 Å². The fraction of sp³-hybridized carbons (Fsp3) is 0.703. The van der Waals surface area contributed by atoms with Gasteiger partial charge in [-0.3, -0.25) is 10.1 Å². The average molecular weight is 647 g/mol. The van der Waals surface area contributed by atoms with Crippen molar-refractivity contribution in [1.29, 1.82) is 0 Å². The van der Waals surface area contributed by atoms with Crippen LogP contribution in [0.1, 0.15) is 85.0 Å². The summed E-state index contributed by atoms with van der Waals surface area (Å²) < 4.78 is 5.10. The van der Waals surface area contributed by atoms with E-state index in [0.29, 0.717) is 75.7 Å². The molecule has 0 radical (unpaired) electrons. The number of allylic oxidation sites excluding steroid dienone is 7. The summed E-state index contributed by atoms with van der Waals surface area (Å²) in [5.41, 5.74) is 1.97. The summed E-state index contributed by atoms with van der Waals surface area (Å²) in [5, 5.41) is 61.4. The van der Waals surface area contributed by atoms with Gasteiger partial charge in [0.15, 0.2) is 0 Å². The maximum absolute atomic E-state index is 12.3. The molecule has 0 heterocycles. The van der Waals surface area contributed by atoms with Crippen LogP contribution in [0.25, 0.3) is 0 Å². The standard InChI is InChI=1S/C37H62N2O7/c1-26(10-7-12-27(2)35(44)39-29(4)17-23-46-6)11-8-13-30(25-42)32-16-19-37(34(32)43)33(14-9-22-40)31(28(3)24-41)15-18-36(37,45)20-21-38-5/h8,11-13,24,29,32-35,38-40,42-45H,1,7,9-10,14-23,25H2,2-6H3/b11-8+,27-12+,30-13-,31-28-/t29-,32+,33+,34-,35-,36+,37-/m1/s1. The Labute approximate surface area is 277 Å². The SMILES string of the molecule is C=C(/C=C/C=C(/CO)[C@@H]1CC[C@]2([C@@H]1O)[C@@H](CCCO)/C(=C(/C)C=O)CC[C@]2(O)CCNC)CC/C=C(\C)[C@@H](O)N[C@H](C)CCOC. The van der Waals surface area contributed by atoms with Gasteiger partial charge in [-0.1, -0.05) is 42.0 Å². The quantitative estimate of drug-likeness (QED) is 0.0344. The predicted octanol–water partition coefficient (Wildman–Crippen LogP) is 3.87. The summed E-state index contributed by atoms with van der Waals surface area (Å²) in [6.45, 7) is 10.9. The number of methoxy groups -OCH3 is 1. The lowest BCUT2D eigenvalue weighted by atomic mass is 9.51. The van der Waals surface area contributed by atoms with E-state index in [0.717, 1.165) is 35.8 Å². The van der Waals surface area contributed by atoms with Crippen LogP contribution in [0.15, 0.2) is 58.7 Å². The molecule has 9 heteroatoms. The molecule has 0 bridgehead atoms. The second kappa shape index (κ2) is 19.8. The Morgan fingerprint density at radius 2 is 1.98 bits per heavy atom. The summed E-state index contributed by atoms with van der Waals surface area (Å²) in [5.74, 6) is -0.614. The fourth-order valence-electron chi connectivity index (χ4n) is 7.74. The van der Waals surface area contributed by atoms with Gasteiger partial charge in [-0.15, -0.1) is 0 Å². The number of hydrogen-bond donors (Lipinski definition) is 7. The number of carbonyl (C=O) groups is 1. The number of aldehydes is 1. The van der Waals surface area contributed by atoms with Gasteiger partial charge in [0.1, 0.15) is 12.5 Å². The second-order valence-corrected chi connectivity index (χ2v) is 13.4. The molecular weight excluding hydrogens is 584 g/mol. The predicted molar refractivity (Wildman–Crippen MR) is 184 cm³/mol. The van der Waals surface area contributed by atoms with Gasteiger partial charge in [-0.25, -0.2) is 0 Å². The molecule has 0 aromatic heterocycles. The molecule has 46 heavy (non-hydrogen) atoms. The van der Waals surface area contributed by atoms with Crippen LogP contribution < -0.4 is 10.6 Å². The molecule has 262 valence electrons. The molecule has 0 saturated heterocycles. The van der Waals surface area contributed by atoms with Crippen molar-refractivity contribution < 1.29 is 35.1 Å². The van der Waals surface area contributed by atoms with Crippen LogP contribution in [0.4, 0.5) is 0 Å². The Morgan fingerprint density at radius 3 is 2.61 bits per heavy atom. The number of aliphatic hydroxyl groups excluding tert-OH is 4. The van der Waals surface area contributed by atoms with Crippen molar-refractivity contribution in [3.05, 3.63) is 58.7 Å². The molecule has 2 fully saturated rings. The Morgan fingerprint density at radius 1 is 1.24 bits per heavy atom. The summed E-state index contributed by atoms with van der Waals surface area (Å²) >= 11 is 0. The van der Waals surface area contributed by atoms with E-state index in [-0.39, 0.29) is 31.1 Å². The Kier molecular flexibility index (Phi) is 17.3. The molecule has 0 aliphatic heterocycles. The number of hydrogen-bond acceptors (Lipinski definition) is 9. The van der Waals surface area contributed by atoms with Crippen LogP contribution >= 0.6 is 0 Å². The highest BCUT2D eigenvalue weighted by atomic mass is 16.5. The number of ether oxygens (including phenoxy) is 1. The maximum Gasteiger partial charge on any atom is 0.145 e. The van der Waals surface area contributed by atoms with E-state index >= 15 is 0 Å². The molecule has 7 atom stereocenters. The first-order chi connectivity index (χ1) is 22.0. The fourth-order valence-corrected chi connectivity index (χ4v) is 7.74. The van der Waals surface area contributed by atoms with Crippen molar-refractivity contribution in [1.82, 2.24) is 10.6 Å². The van der Waals surface area contributed by atoms with E-state index in [1.807, 2.05) is 45.2 Å². The number of nitrogens with one attached hydrogen (secondary N) is 2. The summed E-state index contributed by atoms with van der Waals surface area (Å²) in [4.78, 5) is 11.9. The lowest BCUT2D eigenvalue weighted by molar-refractivity contribution is -0.180. The first kappa shape index (κ1) is 40.2. The molecule has 0 aromatic rings. The monoisotopic (exact) mass is 646 g/mol. The normalized spacial score (nSPS) is 29.8. The minimum Gasteiger partial charge on any atom is -0.396 e. The van der Waals surface area contributed by atoms with Crippen LogP contribution in [0, 0.1) is 17.3 Å². The van der Waals surface area contributed by atoms with Crippen LogP contribution in [-0.2, 0) is 9.53 Å². The van der Waals surface area contributed by atoms with E-state index in [2.05, 4.69) is 17.2 Å². The zero-order chi connectivity index (χ0) is 34.3. The first-order valence-corrected chi connectivity index (χ1v) is 17.0. The van der Waals surface area contributed by atoms with Crippen molar-refractivity contribution in [2.24, 2.45) is 17.3 Å². The highest BCUT2D eigenvalue weighted by Crippen LogP contribution is 2.63. The molecular formula is C37H62N2O7.